The van der Waals surface area contributed by atoms with E-state index in [4.69, 9.17) is 5.73 Å². The van der Waals surface area contributed by atoms with Crippen LogP contribution in [0.15, 0.2) is 0 Å². The average molecular weight is 182 g/mol. The lowest BCUT2D eigenvalue weighted by Crippen LogP contribution is -2.37. The SMILES string of the molecule is NC(=O)C1CNCC1C(F)(F)F. The Morgan fingerprint density at radius 3 is 2.33 bits per heavy atom. The highest BCUT2D eigenvalue weighted by Crippen LogP contribution is 2.33. The molecule has 0 aromatic rings. The first-order chi connectivity index (χ1) is 5.43. The summed E-state index contributed by atoms with van der Waals surface area (Å²) >= 11 is 0. The molecule has 70 valence electrons. The fraction of sp³-hybridized carbons (Fsp3) is 0.833. The molecule has 0 saturated carbocycles. The molecule has 1 rings (SSSR count). The van der Waals surface area contributed by atoms with Crippen molar-refractivity contribution in [3.63, 3.8) is 0 Å². The second-order valence-corrected chi connectivity index (χ2v) is 2.82. The van der Waals surface area contributed by atoms with Gasteiger partial charge in [0.1, 0.15) is 0 Å². The molecule has 1 saturated heterocycles. The van der Waals surface area contributed by atoms with Gasteiger partial charge in [0, 0.05) is 13.1 Å². The molecule has 2 unspecified atom stereocenters. The first-order valence-electron chi connectivity index (χ1n) is 3.49. The molecule has 0 bridgehead atoms. The summed E-state index contributed by atoms with van der Waals surface area (Å²) in [6.45, 7) is -0.184. The van der Waals surface area contributed by atoms with E-state index in [1.165, 1.54) is 0 Å². The molecule has 2 atom stereocenters. The predicted octanol–water partition coefficient (Wildman–Crippen LogP) is -0.130. The Hall–Kier alpha value is -0.780. The maximum atomic E-state index is 12.1. The van der Waals surface area contributed by atoms with E-state index < -0.39 is 23.9 Å². The molecule has 3 nitrogen and oxygen atoms in total. The Morgan fingerprint density at radius 2 is 2.00 bits per heavy atom. The van der Waals surface area contributed by atoms with E-state index in [0.717, 1.165) is 0 Å². The van der Waals surface area contributed by atoms with Gasteiger partial charge in [-0.05, 0) is 0 Å². The van der Waals surface area contributed by atoms with Gasteiger partial charge in [0.25, 0.3) is 0 Å². The Labute approximate surface area is 67.1 Å². The van der Waals surface area contributed by atoms with Crippen LogP contribution in [-0.2, 0) is 4.79 Å². The lowest BCUT2D eigenvalue weighted by molar-refractivity contribution is -0.181. The molecule has 12 heavy (non-hydrogen) atoms. The topological polar surface area (TPSA) is 55.1 Å². The van der Waals surface area contributed by atoms with Gasteiger partial charge in [-0.25, -0.2) is 0 Å². The summed E-state index contributed by atoms with van der Waals surface area (Å²) in [7, 11) is 0. The van der Waals surface area contributed by atoms with Crippen LogP contribution in [0.25, 0.3) is 0 Å². The lowest BCUT2D eigenvalue weighted by Gasteiger charge is -2.18. The number of hydrogen-bond donors (Lipinski definition) is 2. The van der Waals surface area contributed by atoms with Crippen LogP contribution in [-0.4, -0.2) is 25.2 Å². The summed E-state index contributed by atoms with van der Waals surface area (Å²) in [5.41, 5.74) is 4.81. The Balaban J connectivity index is 2.71. The largest absolute Gasteiger partial charge is 0.393 e. The molecule has 1 heterocycles. The van der Waals surface area contributed by atoms with Gasteiger partial charge in [-0.3, -0.25) is 4.79 Å². The quantitative estimate of drug-likeness (QED) is 0.593. The molecular weight excluding hydrogens is 173 g/mol. The van der Waals surface area contributed by atoms with E-state index in [1.807, 2.05) is 0 Å². The first-order valence-corrected chi connectivity index (χ1v) is 3.49. The van der Waals surface area contributed by atoms with Crippen LogP contribution in [0, 0.1) is 11.8 Å². The van der Waals surface area contributed by atoms with Crippen LogP contribution in [0.4, 0.5) is 13.2 Å². The van der Waals surface area contributed by atoms with Gasteiger partial charge in [0.05, 0.1) is 11.8 Å². The number of halogens is 3. The smallest absolute Gasteiger partial charge is 0.369 e. The monoisotopic (exact) mass is 182 g/mol. The third kappa shape index (κ3) is 1.69. The van der Waals surface area contributed by atoms with Crippen molar-refractivity contribution in [2.45, 2.75) is 6.18 Å². The molecule has 0 aromatic carbocycles. The van der Waals surface area contributed by atoms with Crippen LogP contribution < -0.4 is 11.1 Å². The van der Waals surface area contributed by atoms with Gasteiger partial charge >= 0.3 is 6.18 Å². The van der Waals surface area contributed by atoms with Crippen LogP contribution in [0.1, 0.15) is 0 Å². The van der Waals surface area contributed by atoms with Crippen molar-refractivity contribution < 1.29 is 18.0 Å². The van der Waals surface area contributed by atoms with E-state index in [1.54, 1.807) is 0 Å². The van der Waals surface area contributed by atoms with Crippen LogP contribution in [0.2, 0.25) is 0 Å². The predicted molar refractivity (Wildman–Crippen MR) is 35.1 cm³/mol. The van der Waals surface area contributed by atoms with E-state index in [2.05, 4.69) is 5.32 Å². The van der Waals surface area contributed by atoms with Gasteiger partial charge in [-0.1, -0.05) is 0 Å². The molecule has 0 aromatic heterocycles. The first kappa shape index (κ1) is 9.31. The second-order valence-electron chi connectivity index (χ2n) is 2.82. The minimum atomic E-state index is -4.33. The zero-order valence-electron chi connectivity index (χ0n) is 6.19. The zero-order chi connectivity index (χ0) is 9.35. The highest BCUT2D eigenvalue weighted by Gasteiger charge is 2.49. The molecular formula is C6H9F3N2O. The van der Waals surface area contributed by atoms with Crippen LogP contribution in [0.5, 0.6) is 0 Å². The number of alkyl halides is 3. The number of amides is 1. The van der Waals surface area contributed by atoms with Crippen molar-refractivity contribution >= 4 is 5.91 Å². The second kappa shape index (κ2) is 2.93. The fourth-order valence-electron chi connectivity index (χ4n) is 1.32. The number of rotatable bonds is 1. The molecule has 3 N–H and O–H groups in total. The summed E-state index contributed by atoms with van der Waals surface area (Å²) in [5.74, 6) is -3.61. The summed E-state index contributed by atoms with van der Waals surface area (Å²) in [4.78, 5) is 10.5. The van der Waals surface area contributed by atoms with E-state index in [9.17, 15) is 18.0 Å². The Bertz CT molecular complexity index is 192. The van der Waals surface area contributed by atoms with Crippen LogP contribution >= 0.6 is 0 Å². The van der Waals surface area contributed by atoms with Crippen molar-refractivity contribution in [2.24, 2.45) is 17.6 Å². The number of nitrogens with one attached hydrogen (secondary N) is 1. The maximum Gasteiger partial charge on any atom is 0.393 e. The van der Waals surface area contributed by atoms with Gasteiger partial charge < -0.3 is 11.1 Å². The third-order valence-electron chi connectivity index (χ3n) is 2.00. The van der Waals surface area contributed by atoms with Crippen molar-refractivity contribution in [1.29, 1.82) is 0 Å². The van der Waals surface area contributed by atoms with Crippen molar-refractivity contribution in [2.75, 3.05) is 13.1 Å². The normalized spacial score (nSPS) is 30.6. The minimum Gasteiger partial charge on any atom is -0.369 e. The minimum absolute atomic E-state index is 0.0273. The summed E-state index contributed by atoms with van der Waals surface area (Å²) in [6, 6.07) is 0. The number of nitrogens with two attached hydrogens (primary N) is 1. The number of hydrogen-bond acceptors (Lipinski definition) is 2. The average Bonchev–Trinajstić information content (AvgIpc) is 2.30. The standard InChI is InChI=1S/C6H9F3N2O/c7-6(8,9)4-2-11-1-3(4)5(10)12/h3-4,11H,1-2H2,(H2,10,12). The van der Waals surface area contributed by atoms with Gasteiger partial charge in [0.2, 0.25) is 5.91 Å². The molecule has 0 radical (unpaired) electrons. The molecule has 1 aliphatic heterocycles. The van der Waals surface area contributed by atoms with Crippen LogP contribution in [0.3, 0.4) is 0 Å². The van der Waals surface area contributed by atoms with Crippen molar-refractivity contribution in [3.05, 3.63) is 0 Å². The van der Waals surface area contributed by atoms with Gasteiger partial charge in [-0.15, -0.1) is 0 Å². The molecule has 0 spiro atoms. The van der Waals surface area contributed by atoms with E-state index in [-0.39, 0.29) is 13.1 Å². The highest BCUT2D eigenvalue weighted by atomic mass is 19.4. The lowest BCUT2D eigenvalue weighted by atomic mass is 9.95. The Morgan fingerprint density at radius 1 is 1.42 bits per heavy atom. The van der Waals surface area contributed by atoms with Gasteiger partial charge in [-0.2, -0.15) is 13.2 Å². The fourth-order valence-corrected chi connectivity index (χ4v) is 1.32. The molecule has 6 heteroatoms. The highest BCUT2D eigenvalue weighted by molar-refractivity contribution is 5.77. The van der Waals surface area contributed by atoms with Crippen molar-refractivity contribution in [1.82, 2.24) is 5.32 Å². The summed E-state index contributed by atoms with van der Waals surface area (Å²) in [6.07, 6.45) is -4.33. The summed E-state index contributed by atoms with van der Waals surface area (Å²) in [5, 5.41) is 2.49. The number of primary amides is 1. The van der Waals surface area contributed by atoms with E-state index >= 15 is 0 Å². The maximum absolute atomic E-state index is 12.1. The Kier molecular flexibility index (Phi) is 2.27. The van der Waals surface area contributed by atoms with Crippen molar-refractivity contribution in [3.8, 4) is 0 Å². The zero-order valence-corrected chi connectivity index (χ0v) is 6.19. The molecule has 1 aliphatic rings. The molecule has 1 fully saturated rings. The number of carbonyl (C=O) groups is 1. The molecule has 0 aliphatic carbocycles. The molecule has 1 amide bonds. The number of carbonyl (C=O) groups excluding carboxylic acids is 1. The van der Waals surface area contributed by atoms with Gasteiger partial charge in [0.15, 0.2) is 0 Å². The summed E-state index contributed by atoms with van der Waals surface area (Å²) < 4.78 is 36.4. The third-order valence-corrected chi connectivity index (χ3v) is 2.00. The van der Waals surface area contributed by atoms with E-state index in [0.29, 0.717) is 0 Å².